The Labute approximate surface area is 115 Å². The van der Waals surface area contributed by atoms with Crippen molar-refractivity contribution in [2.75, 3.05) is 26.7 Å². The van der Waals surface area contributed by atoms with Crippen LogP contribution in [0.3, 0.4) is 0 Å². The lowest BCUT2D eigenvalue weighted by atomic mass is 9.99. The van der Waals surface area contributed by atoms with Crippen molar-refractivity contribution in [1.29, 1.82) is 0 Å². The first-order valence-corrected chi connectivity index (χ1v) is 7.33. The summed E-state index contributed by atoms with van der Waals surface area (Å²) in [5, 5.41) is 4.30. The van der Waals surface area contributed by atoms with Crippen LogP contribution in [0.5, 0.6) is 0 Å². The first kappa shape index (κ1) is 14.3. The predicted octanol–water partition coefficient (Wildman–Crippen LogP) is 1.48. The zero-order valence-corrected chi connectivity index (χ0v) is 12.0. The fourth-order valence-electron chi connectivity index (χ4n) is 2.94. The summed E-state index contributed by atoms with van der Waals surface area (Å²) in [4.78, 5) is 20.7. The number of likely N-dealkylation sites (tertiary alicyclic amines) is 2. The van der Waals surface area contributed by atoms with Crippen LogP contribution in [0.2, 0.25) is 0 Å². The molecule has 5 heteroatoms. The van der Waals surface area contributed by atoms with Crippen molar-refractivity contribution in [1.82, 2.24) is 9.80 Å². The normalized spacial score (nSPS) is 30.8. The van der Waals surface area contributed by atoms with Crippen LogP contribution in [0.4, 0.5) is 0 Å². The van der Waals surface area contributed by atoms with Gasteiger partial charge in [0, 0.05) is 31.5 Å². The van der Waals surface area contributed by atoms with Gasteiger partial charge in [-0.25, -0.2) is 0 Å². The lowest BCUT2D eigenvalue weighted by molar-refractivity contribution is -0.120. The Balaban J connectivity index is 1.78. The number of nitrogens with zero attached hydrogens (tertiary/aromatic N) is 3. The summed E-state index contributed by atoms with van der Waals surface area (Å²) >= 11 is 0. The molecule has 1 amide bonds. The number of carbonyl (C=O) groups excluding carboxylic acids is 1. The maximum atomic E-state index is 10.9. The van der Waals surface area contributed by atoms with Crippen molar-refractivity contribution in [2.45, 2.75) is 51.1 Å². The third-order valence-corrected chi connectivity index (χ3v) is 4.34. The fourth-order valence-corrected chi connectivity index (χ4v) is 2.94. The van der Waals surface area contributed by atoms with Gasteiger partial charge in [-0.2, -0.15) is 0 Å². The number of oxime groups is 1. The van der Waals surface area contributed by atoms with E-state index in [9.17, 15) is 4.79 Å². The van der Waals surface area contributed by atoms with Crippen LogP contribution in [0, 0.1) is 0 Å². The molecular weight excluding hydrogens is 242 g/mol. The van der Waals surface area contributed by atoms with E-state index in [1.54, 1.807) is 0 Å². The number of amides is 1. The van der Waals surface area contributed by atoms with Crippen molar-refractivity contribution in [3.05, 3.63) is 0 Å². The number of carbonyl (C=O) groups is 1. The van der Waals surface area contributed by atoms with Gasteiger partial charge in [-0.15, -0.1) is 0 Å². The predicted molar refractivity (Wildman–Crippen MR) is 75.1 cm³/mol. The molecule has 108 valence electrons. The van der Waals surface area contributed by atoms with Crippen molar-refractivity contribution < 1.29 is 9.63 Å². The molecule has 0 aliphatic carbocycles. The van der Waals surface area contributed by atoms with E-state index in [4.69, 9.17) is 4.84 Å². The van der Waals surface area contributed by atoms with Crippen LogP contribution in [-0.2, 0) is 9.63 Å². The zero-order valence-electron chi connectivity index (χ0n) is 12.0. The Morgan fingerprint density at radius 2 is 2.26 bits per heavy atom. The highest BCUT2D eigenvalue weighted by Gasteiger charge is 2.24. The van der Waals surface area contributed by atoms with Gasteiger partial charge in [0.05, 0.1) is 5.71 Å². The fraction of sp³-hybridized carbons (Fsp3) is 0.857. The molecule has 2 heterocycles. The van der Waals surface area contributed by atoms with Gasteiger partial charge in [0.25, 0.3) is 0 Å². The summed E-state index contributed by atoms with van der Waals surface area (Å²) in [6, 6.07) is 0.809. The largest absolute Gasteiger partial charge is 0.394 e. The van der Waals surface area contributed by atoms with Gasteiger partial charge in [0.2, 0.25) is 6.41 Å². The van der Waals surface area contributed by atoms with Gasteiger partial charge in [0.1, 0.15) is 6.61 Å². The van der Waals surface area contributed by atoms with Crippen molar-refractivity contribution in [3.8, 4) is 0 Å². The van der Waals surface area contributed by atoms with Gasteiger partial charge in [-0.05, 0) is 32.9 Å². The molecule has 2 saturated heterocycles. The van der Waals surface area contributed by atoms with E-state index >= 15 is 0 Å². The lowest BCUT2D eigenvalue weighted by Gasteiger charge is -2.32. The molecule has 2 aliphatic rings. The van der Waals surface area contributed by atoms with Crippen LogP contribution >= 0.6 is 0 Å². The minimum atomic E-state index is 0.294. The van der Waals surface area contributed by atoms with Gasteiger partial charge >= 0.3 is 0 Å². The molecule has 0 aromatic heterocycles. The SMILES string of the molecule is CC[C@H]1C/C(=N/OCC2CCCN2C)CCN1C=O. The zero-order chi connectivity index (χ0) is 13.7. The average molecular weight is 267 g/mol. The standard InChI is InChI=1S/C14H25N3O2/c1-3-13-9-12(6-8-17(13)11-18)15-19-10-14-5-4-7-16(14)2/h11,13-14H,3-10H2,1-2H3/b15-12+/t13-,14?/m0/s1. The van der Waals surface area contributed by atoms with Crippen LogP contribution in [0.1, 0.15) is 39.0 Å². The molecule has 0 spiro atoms. The van der Waals surface area contributed by atoms with E-state index in [0.29, 0.717) is 18.7 Å². The summed E-state index contributed by atoms with van der Waals surface area (Å²) in [5.41, 5.74) is 1.10. The Morgan fingerprint density at radius 3 is 2.89 bits per heavy atom. The van der Waals surface area contributed by atoms with E-state index in [0.717, 1.165) is 44.5 Å². The average Bonchev–Trinajstić information content (AvgIpc) is 2.84. The Bertz CT molecular complexity index is 333. The Hall–Kier alpha value is -1.10. The van der Waals surface area contributed by atoms with Crippen LogP contribution in [-0.4, -0.2) is 60.7 Å². The van der Waals surface area contributed by atoms with Crippen LogP contribution < -0.4 is 0 Å². The monoisotopic (exact) mass is 267 g/mol. The molecule has 2 atom stereocenters. The highest BCUT2D eigenvalue weighted by atomic mass is 16.6. The highest BCUT2D eigenvalue weighted by molar-refractivity contribution is 5.86. The molecule has 0 radical (unpaired) electrons. The van der Waals surface area contributed by atoms with Gasteiger partial charge in [-0.3, -0.25) is 9.69 Å². The Kier molecular flexibility index (Phi) is 5.19. The molecule has 2 fully saturated rings. The second kappa shape index (κ2) is 6.89. The maximum Gasteiger partial charge on any atom is 0.209 e. The third kappa shape index (κ3) is 3.69. The Morgan fingerprint density at radius 1 is 1.42 bits per heavy atom. The summed E-state index contributed by atoms with van der Waals surface area (Å²) < 4.78 is 0. The quantitative estimate of drug-likeness (QED) is 0.560. The minimum absolute atomic E-state index is 0.294. The van der Waals surface area contributed by atoms with E-state index in [1.165, 1.54) is 12.8 Å². The second-order valence-electron chi connectivity index (χ2n) is 5.59. The second-order valence-corrected chi connectivity index (χ2v) is 5.59. The van der Waals surface area contributed by atoms with Crippen molar-refractivity contribution in [3.63, 3.8) is 0 Å². The summed E-state index contributed by atoms with van der Waals surface area (Å²) in [6.07, 6.45) is 6.10. The van der Waals surface area contributed by atoms with Gasteiger partial charge in [-0.1, -0.05) is 12.1 Å². The molecule has 0 N–H and O–H groups in total. The summed E-state index contributed by atoms with van der Waals surface area (Å²) in [5.74, 6) is 0. The molecule has 5 nitrogen and oxygen atoms in total. The van der Waals surface area contributed by atoms with E-state index in [2.05, 4.69) is 24.0 Å². The molecular formula is C14H25N3O2. The highest BCUT2D eigenvalue weighted by Crippen LogP contribution is 2.18. The van der Waals surface area contributed by atoms with Crippen molar-refractivity contribution in [2.24, 2.45) is 5.16 Å². The molecule has 1 unspecified atom stereocenters. The number of piperidine rings is 1. The third-order valence-electron chi connectivity index (χ3n) is 4.34. The molecule has 0 saturated carbocycles. The van der Waals surface area contributed by atoms with Crippen LogP contribution in [0.15, 0.2) is 5.16 Å². The lowest BCUT2D eigenvalue weighted by Crippen LogP contribution is -2.41. The van der Waals surface area contributed by atoms with Crippen LogP contribution in [0.25, 0.3) is 0 Å². The van der Waals surface area contributed by atoms with E-state index in [-0.39, 0.29) is 0 Å². The summed E-state index contributed by atoms with van der Waals surface area (Å²) in [7, 11) is 2.14. The molecule has 2 aliphatic heterocycles. The smallest absolute Gasteiger partial charge is 0.209 e. The number of likely N-dealkylation sites (N-methyl/N-ethyl adjacent to an activating group) is 1. The first-order valence-electron chi connectivity index (χ1n) is 7.33. The summed E-state index contributed by atoms with van der Waals surface area (Å²) in [6.45, 7) is 4.73. The van der Waals surface area contributed by atoms with Gasteiger partial charge in [0.15, 0.2) is 0 Å². The number of rotatable bonds is 5. The number of hydrogen-bond acceptors (Lipinski definition) is 4. The number of hydrogen-bond donors (Lipinski definition) is 0. The molecule has 0 aromatic rings. The molecule has 0 aromatic carbocycles. The maximum absolute atomic E-state index is 10.9. The van der Waals surface area contributed by atoms with E-state index < -0.39 is 0 Å². The van der Waals surface area contributed by atoms with Crippen molar-refractivity contribution >= 4 is 12.1 Å². The molecule has 19 heavy (non-hydrogen) atoms. The first-order chi connectivity index (χ1) is 9.24. The topological polar surface area (TPSA) is 45.1 Å². The minimum Gasteiger partial charge on any atom is -0.394 e. The van der Waals surface area contributed by atoms with Gasteiger partial charge < -0.3 is 9.74 Å². The van der Waals surface area contributed by atoms with E-state index in [1.807, 2.05) is 4.90 Å². The molecule has 0 bridgehead atoms. The molecule has 2 rings (SSSR count).